The third kappa shape index (κ3) is 5.35. The number of rotatable bonds is 9. The van der Waals surface area contributed by atoms with Crippen molar-refractivity contribution < 1.29 is 28.6 Å². The highest BCUT2D eigenvalue weighted by Crippen LogP contribution is 2.47. The van der Waals surface area contributed by atoms with E-state index in [4.69, 9.17) is 14.6 Å². The largest absolute Gasteiger partial charge is 0.492 e. The molecule has 1 amide bonds. The normalized spacial score (nSPS) is 18.0. The second-order valence-electron chi connectivity index (χ2n) is 8.76. The summed E-state index contributed by atoms with van der Waals surface area (Å²) in [4.78, 5) is 26.8. The van der Waals surface area contributed by atoms with E-state index in [1.165, 1.54) is 12.1 Å². The van der Waals surface area contributed by atoms with Crippen molar-refractivity contribution >= 4 is 24.3 Å². The van der Waals surface area contributed by atoms with Crippen LogP contribution in [0.25, 0.3) is 0 Å². The predicted molar refractivity (Wildman–Crippen MR) is 127 cm³/mol. The SMILES string of the molecule is CN(CCOc1ccccc1)C1(C(=O)NC2(c3ccc(C(=O)O)cc3F)CC2)CCOCC1.Cl. The van der Waals surface area contributed by atoms with E-state index in [0.29, 0.717) is 57.6 Å². The lowest BCUT2D eigenvalue weighted by atomic mass is 9.86. The third-order valence-corrected chi connectivity index (χ3v) is 6.75. The molecule has 0 unspecified atom stereocenters. The van der Waals surface area contributed by atoms with Crippen LogP contribution in [0.3, 0.4) is 0 Å². The number of amides is 1. The van der Waals surface area contributed by atoms with Crippen molar-refractivity contribution in [2.75, 3.05) is 33.4 Å². The van der Waals surface area contributed by atoms with Crippen molar-refractivity contribution in [2.45, 2.75) is 36.8 Å². The first-order valence-electron chi connectivity index (χ1n) is 11.2. The maximum Gasteiger partial charge on any atom is 0.335 e. The Morgan fingerprint density at radius 1 is 1.12 bits per heavy atom. The maximum absolute atomic E-state index is 14.8. The number of carbonyl (C=O) groups is 2. The lowest BCUT2D eigenvalue weighted by molar-refractivity contribution is -0.140. The van der Waals surface area contributed by atoms with Gasteiger partial charge in [-0.2, -0.15) is 0 Å². The molecule has 2 aromatic carbocycles. The van der Waals surface area contributed by atoms with E-state index in [-0.39, 0.29) is 23.9 Å². The van der Waals surface area contributed by atoms with Gasteiger partial charge in [0.25, 0.3) is 0 Å². The summed E-state index contributed by atoms with van der Waals surface area (Å²) in [7, 11) is 1.90. The van der Waals surface area contributed by atoms with Crippen LogP contribution in [0.5, 0.6) is 5.75 Å². The number of nitrogens with zero attached hydrogens (tertiary/aromatic N) is 1. The van der Waals surface area contributed by atoms with Crippen molar-refractivity contribution in [1.82, 2.24) is 10.2 Å². The smallest absolute Gasteiger partial charge is 0.335 e. The first-order valence-corrected chi connectivity index (χ1v) is 11.2. The van der Waals surface area contributed by atoms with Gasteiger partial charge in [-0.15, -0.1) is 12.4 Å². The van der Waals surface area contributed by atoms with Gasteiger partial charge in [-0.3, -0.25) is 9.69 Å². The minimum Gasteiger partial charge on any atom is -0.492 e. The average molecular weight is 493 g/mol. The van der Waals surface area contributed by atoms with Gasteiger partial charge in [-0.1, -0.05) is 24.3 Å². The fourth-order valence-corrected chi connectivity index (χ4v) is 4.48. The summed E-state index contributed by atoms with van der Waals surface area (Å²) in [6.07, 6.45) is 2.26. The number of hydrogen-bond donors (Lipinski definition) is 2. The van der Waals surface area contributed by atoms with Crippen LogP contribution in [0.4, 0.5) is 4.39 Å². The Balaban J connectivity index is 0.00000324. The van der Waals surface area contributed by atoms with Crippen LogP contribution in [-0.2, 0) is 15.1 Å². The molecule has 4 rings (SSSR count). The summed E-state index contributed by atoms with van der Waals surface area (Å²) in [6.45, 7) is 1.89. The summed E-state index contributed by atoms with van der Waals surface area (Å²) in [6, 6.07) is 13.4. The molecule has 1 saturated carbocycles. The minimum atomic E-state index is -1.19. The number of halogens is 2. The van der Waals surface area contributed by atoms with Crippen LogP contribution < -0.4 is 10.1 Å². The van der Waals surface area contributed by atoms with Gasteiger partial charge < -0.3 is 19.9 Å². The van der Waals surface area contributed by atoms with Crippen LogP contribution in [0, 0.1) is 5.82 Å². The Labute approximate surface area is 204 Å². The molecule has 9 heteroatoms. The van der Waals surface area contributed by atoms with Crippen LogP contribution >= 0.6 is 12.4 Å². The van der Waals surface area contributed by atoms with Gasteiger partial charge in [0.15, 0.2) is 0 Å². The molecule has 184 valence electrons. The molecule has 34 heavy (non-hydrogen) atoms. The molecule has 2 aliphatic rings. The number of benzene rings is 2. The number of aromatic carboxylic acids is 1. The fraction of sp³-hybridized carbons (Fsp3) is 0.440. The molecule has 0 spiro atoms. The zero-order valence-corrected chi connectivity index (χ0v) is 19.9. The Kier molecular flexibility index (Phi) is 8.17. The molecule has 0 aromatic heterocycles. The molecule has 2 N–H and O–H groups in total. The van der Waals surface area contributed by atoms with E-state index in [1.54, 1.807) is 0 Å². The molecule has 0 radical (unpaired) electrons. The van der Waals surface area contributed by atoms with Crippen LogP contribution in [0.1, 0.15) is 41.6 Å². The van der Waals surface area contributed by atoms with Gasteiger partial charge in [0, 0.05) is 25.3 Å². The highest BCUT2D eigenvalue weighted by Gasteiger charge is 2.52. The molecule has 1 heterocycles. The van der Waals surface area contributed by atoms with E-state index in [2.05, 4.69) is 5.32 Å². The molecule has 1 saturated heterocycles. The molecule has 7 nitrogen and oxygen atoms in total. The molecule has 0 atom stereocenters. The monoisotopic (exact) mass is 492 g/mol. The summed E-state index contributed by atoms with van der Waals surface area (Å²) in [5.74, 6) is -1.19. The number of hydrogen-bond acceptors (Lipinski definition) is 5. The van der Waals surface area contributed by atoms with Gasteiger partial charge in [0.05, 0.1) is 11.1 Å². The standard InChI is InChI=1S/C25H29FN2O5.ClH/c1-28(13-16-33-19-5-3-2-4-6-19)25(11-14-32-15-12-25)23(31)27-24(9-10-24)20-8-7-18(22(29)30)17-21(20)26;/h2-8,17H,9-16H2,1H3,(H,27,31)(H,29,30);1H. The van der Waals surface area contributed by atoms with E-state index in [1.807, 2.05) is 42.3 Å². The topological polar surface area (TPSA) is 88.1 Å². The van der Waals surface area contributed by atoms with Gasteiger partial charge in [-0.05, 0) is 57.0 Å². The molecule has 2 aromatic rings. The van der Waals surface area contributed by atoms with Crippen molar-refractivity contribution in [2.24, 2.45) is 0 Å². The third-order valence-electron chi connectivity index (χ3n) is 6.75. The van der Waals surface area contributed by atoms with Crippen molar-refractivity contribution in [1.29, 1.82) is 0 Å². The van der Waals surface area contributed by atoms with Crippen molar-refractivity contribution in [3.05, 3.63) is 65.5 Å². The van der Waals surface area contributed by atoms with Crippen LogP contribution in [-0.4, -0.2) is 60.8 Å². The number of carboxylic acid groups (broad SMARTS) is 1. The average Bonchev–Trinajstić information content (AvgIpc) is 3.60. The minimum absolute atomic E-state index is 0. The van der Waals surface area contributed by atoms with Gasteiger partial charge in [0.2, 0.25) is 5.91 Å². The Morgan fingerprint density at radius 3 is 2.38 bits per heavy atom. The quantitative estimate of drug-likeness (QED) is 0.556. The summed E-state index contributed by atoms with van der Waals surface area (Å²) >= 11 is 0. The maximum atomic E-state index is 14.8. The second kappa shape index (κ2) is 10.7. The fourth-order valence-electron chi connectivity index (χ4n) is 4.48. The van der Waals surface area contributed by atoms with Crippen molar-refractivity contribution in [3.63, 3.8) is 0 Å². The summed E-state index contributed by atoms with van der Waals surface area (Å²) in [5.41, 5.74) is -1.37. The number of carbonyl (C=O) groups excluding carboxylic acids is 1. The first kappa shape index (κ1) is 25.9. The number of carboxylic acids is 1. The molecular formula is C25H30ClFN2O5. The van der Waals surface area contributed by atoms with Crippen molar-refractivity contribution in [3.8, 4) is 5.75 Å². The van der Waals surface area contributed by atoms with Gasteiger partial charge in [-0.25, -0.2) is 9.18 Å². The van der Waals surface area contributed by atoms with Crippen LogP contribution in [0.2, 0.25) is 0 Å². The molecule has 0 bridgehead atoms. The highest BCUT2D eigenvalue weighted by atomic mass is 35.5. The van der Waals surface area contributed by atoms with E-state index in [9.17, 15) is 14.0 Å². The van der Waals surface area contributed by atoms with E-state index < -0.39 is 22.9 Å². The number of nitrogens with one attached hydrogen (secondary N) is 1. The van der Waals surface area contributed by atoms with Gasteiger partial charge in [0.1, 0.15) is 23.7 Å². The predicted octanol–water partition coefficient (Wildman–Crippen LogP) is 3.61. The molecule has 2 fully saturated rings. The molecule has 1 aliphatic heterocycles. The summed E-state index contributed by atoms with van der Waals surface area (Å²) < 4.78 is 26.1. The lowest BCUT2D eigenvalue weighted by Crippen LogP contribution is -2.62. The highest BCUT2D eigenvalue weighted by molar-refractivity contribution is 5.89. The Hall–Kier alpha value is -2.68. The summed E-state index contributed by atoms with van der Waals surface area (Å²) in [5, 5.41) is 12.2. The van der Waals surface area contributed by atoms with E-state index >= 15 is 0 Å². The number of ether oxygens (including phenoxy) is 2. The number of likely N-dealkylation sites (N-methyl/N-ethyl adjacent to an activating group) is 1. The first-order chi connectivity index (χ1) is 15.9. The molecule has 1 aliphatic carbocycles. The number of para-hydroxylation sites is 1. The lowest BCUT2D eigenvalue weighted by Gasteiger charge is -2.43. The Bertz CT molecular complexity index is 1010. The molecular weight excluding hydrogens is 463 g/mol. The van der Waals surface area contributed by atoms with Crippen LogP contribution in [0.15, 0.2) is 48.5 Å². The van der Waals surface area contributed by atoms with Gasteiger partial charge >= 0.3 is 5.97 Å². The van der Waals surface area contributed by atoms with E-state index in [0.717, 1.165) is 11.8 Å². The zero-order chi connectivity index (χ0) is 23.5. The second-order valence-corrected chi connectivity index (χ2v) is 8.76. The Morgan fingerprint density at radius 2 is 1.79 bits per heavy atom. The zero-order valence-electron chi connectivity index (χ0n) is 19.1.